The predicted molar refractivity (Wildman–Crippen MR) is 52.9 cm³/mol. The Morgan fingerprint density at radius 2 is 2.54 bits per heavy atom. The molecular formula is C8H10ClN3O. The number of anilines is 1. The van der Waals surface area contributed by atoms with Gasteiger partial charge in [0.1, 0.15) is 11.8 Å². The Morgan fingerprint density at radius 3 is 3.15 bits per heavy atom. The number of oxime groups is 1. The summed E-state index contributed by atoms with van der Waals surface area (Å²) in [4.78, 5) is 8.63. The van der Waals surface area contributed by atoms with Gasteiger partial charge in [0.15, 0.2) is 0 Å². The van der Waals surface area contributed by atoms with Crippen LogP contribution in [0.1, 0.15) is 12.5 Å². The first kappa shape index (κ1) is 9.80. The number of pyridine rings is 1. The average Bonchev–Trinajstić information content (AvgIpc) is 2.10. The summed E-state index contributed by atoms with van der Waals surface area (Å²) in [6.45, 7) is 2.35. The largest absolute Gasteiger partial charge is 0.398 e. The van der Waals surface area contributed by atoms with Crippen molar-refractivity contribution in [2.75, 3.05) is 12.3 Å². The highest BCUT2D eigenvalue weighted by molar-refractivity contribution is 6.32. The molecule has 0 aromatic carbocycles. The lowest BCUT2D eigenvalue weighted by atomic mass is 10.2. The van der Waals surface area contributed by atoms with Crippen molar-refractivity contribution in [3.63, 3.8) is 0 Å². The minimum absolute atomic E-state index is 0.323. The maximum atomic E-state index is 5.77. The molecule has 0 saturated carbocycles. The van der Waals surface area contributed by atoms with Crippen molar-refractivity contribution in [1.29, 1.82) is 0 Å². The molecule has 0 unspecified atom stereocenters. The molecule has 0 atom stereocenters. The van der Waals surface area contributed by atoms with E-state index in [4.69, 9.17) is 22.2 Å². The van der Waals surface area contributed by atoms with Crippen LogP contribution in [0.2, 0.25) is 5.15 Å². The summed E-state index contributed by atoms with van der Waals surface area (Å²) in [5.74, 6) is 0. The fourth-order valence-electron chi connectivity index (χ4n) is 0.754. The van der Waals surface area contributed by atoms with Crippen molar-refractivity contribution < 1.29 is 4.84 Å². The van der Waals surface area contributed by atoms with E-state index >= 15 is 0 Å². The van der Waals surface area contributed by atoms with Gasteiger partial charge < -0.3 is 10.6 Å². The zero-order valence-corrected chi connectivity index (χ0v) is 7.95. The highest BCUT2D eigenvalue weighted by atomic mass is 35.5. The van der Waals surface area contributed by atoms with Crippen LogP contribution in [0.4, 0.5) is 5.69 Å². The Morgan fingerprint density at radius 1 is 1.77 bits per heavy atom. The maximum Gasteiger partial charge on any atom is 0.139 e. The van der Waals surface area contributed by atoms with Crippen LogP contribution in [0.25, 0.3) is 0 Å². The van der Waals surface area contributed by atoms with Gasteiger partial charge in [-0.2, -0.15) is 0 Å². The number of halogens is 1. The van der Waals surface area contributed by atoms with Crippen LogP contribution in [0.5, 0.6) is 0 Å². The third kappa shape index (κ3) is 2.59. The number of aromatic nitrogens is 1. The van der Waals surface area contributed by atoms with E-state index in [0.717, 1.165) is 0 Å². The molecule has 4 nitrogen and oxygen atoms in total. The third-order valence-corrected chi connectivity index (χ3v) is 1.66. The minimum Gasteiger partial charge on any atom is -0.398 e. The molecule has 0 amide bonds. The van der Waals surface area contributed by atoms with E-state index in [1.54, 1.807) is 6.07 Å². The molecule has 1 heterocycles. The van der Waals surface area contributed by atoms with Crippen LogP contribution in [-0.2, 0) is 4.84 Å². The van der Waals surface area contributed by atoms with Gasteiger partial charge in [-0.15, -0.1) is 0 Å². The van der Waals surface area contributed by atoms with E-state index in [0.29, 0.717) is 23.0 Å². The first-order valence-electron chi connectivity index (χ1n) is 3.81. The first-order valence-corrected chi connectivity index (χ1v) is 4.18. The predicted octanol–water partition coefficient (Wildman–Crippen LogP) is 1.69. The van der Waals surface area contributed by atoms with Crippen LogP contribution in [0, 0.1) is 0 Å². The Kier molecular flexibility index (Phi) is 3.52. The summed E-state index contributed by atoms with van der Waals surface area (Å²) in [6.07, 6.45) is 2.99. The number of hydrogen-bond acceptors (Lipinski definition) is 4. The van der Waals surface area contributed by atoms with Crippen LogP contribution >= 0.6 is 11.6 Å². The van der Waals surface area contributed by atoms with E-state index in [9.17, 15) is 0 Å². The van der Waals surface area contributed by atoms with Gasteiger partial charge in [-0.05, 0) is 13.0 Å². The SMILES string of the molecule is CCO/N=C/c1c(N)ccnc1Cl. The first-order chi connectivity index (χ1) is 6.25. The molecule has 0 saturated heterocycles. The molecule has 1 aromatic heterocycles. The molecule has 13 heavy (non-hydrogen) atoms. The van der Waals surface area contributed by atoms with Gasteiger partial charge in [-0.3, -0.25) is 0 Å². The van der Waals surface area contributed by atoms with Gasteiger partial charge in [0, 0.05) is 11.9 Å². The average molecular weight is 200 g/mol. The second kappa shape index (κ2) is 4.67. The Balaban J connectivity index is 2.87. The van der Waals surface area contributed by atoms with Crippen LogP contribution in [-0.4, -0.2) is 17.8 Å². The van der Waals surface area contributed by atoms with Gasteiger partial charge in [-0.1, -0.05) is 16.8 Å². The number of hydrogen-bond donors (Lipinski definition) is 1. The minimum atomic E-state index is 0.323. The van der Waals surface area contributed by atoms with E-state index in [1.165, 1.54) is 12.4 Å². The molecule has 2 N–H and O–H groups in total. The van der Waals surface area contributed by atoms with Crippen molar-refractivity contribution in [3.05, 3.63) is 23.0 Å². The third-order valence-electron chi connectivity index (χ3n) is 1.36. The monoisotopic (exact) mass is 199 g/mol. The number of rotatable bonds is 3. The van der Waals surface area contributed by atoms with E-state index < -0.39 is 0 Å². The zero-order chi connectivity index (χ0) is 9.68. The Hall–Kier alpha value is -1.29. The summed E-state index contributed by atoms with van der Waals surface area (Å²) in [7, 11) is 0. The highest BCUT2D eigenvalue weighted by Gasteiger charge is 2.01. The number of nitrogen functional groups attached to an aromatic ring is 1. The molecule has 0 spiro atoms. The molecule has 1 rings (SSSR count). The molecule has 0 aliphatic heterocycles. The summed E-state index contributed by atoms with van der Waals surface area (Å²) < 4.78 is 0. The van der Waals surface area contributed by atoms with Gasteiger partial charge in [0.25, 0.3) is 0 Å². The molecule has 0 radical (unpaired) electrons. The second-order valence-corrected chi connectivity index (χ2v) is 2.61. The fraction of sp³-hybridized carbons (Fsp3) is 0.250. The van der Waals surface area contributed by atoms with E-state index in [-0.39, 0.29) is 0 Å². The van der Waals surface area contributed by atoms with E-state index in [2.05, 4.69) is 10.1 Å². The molecule has 0 aliphatic carbocycles. The maximum absolute atomic E-state index is 5.77. The Bertz CT molecular complexity index is 294. The molecule has 0 fully saturated rings. The molecule has 70 valence electrons. The Labute approximate surface area is 81.4 Å². The topological polar surface area (TPSA) is 60.5 Å². The molecular weight excluding hydrogens is 190 g/mol. The summed E-state index contributed by atoms with van der Waals surface area (Å²) in [5.41, 5.74) is 6.74. The van der Waals surface area contributed by atoms with Crippen molar-refractivity contribution in [2.24, 2.45) is 5.16 Å². The number of nitrogens with zero attached hydrogens (tertiary/aromatic N) is 2. The quantitative estimate of drug-likeness (QED) is 0.458. The molecule has 0 aliphatic rings. The lowest BCUT2D eigenvalue weighted by Crippen LogP contribution is -1.96. The molecule has 0 bridgehead atoms. The zero-order valence-electron chi connectivity index (χ0n) is 7.20. The molecule has 1 aromatic rings. The second-order valence-electron chi connectivity index (χ2n) is 2.26. The normalized spacial score (nSPS) is 10.6. The van der Waals surface area contributed by atoms with Gasteiger partial charge in [0.05, 0.1) is 11.8 Å². The van der Waals surface area contributed by atoms with Crippen molar-refractivity contribution in [3.8, 4) is 0 Å². The van der Waals surface area contributed by atoms with Crippen molar-refractivity contribution in [2.45, 2.75) is 6.92 Å². The molecule has 5 heteroatoms. The van der Waals surface area contributed by atoms with Gasteiger partial charge >= 0.3 is 0 Å². The lowest BCUT2D eigenvalue weighted by Gasteiger charge is -2.00. The highest BCUT2D eigenvalue weighted by Crippen LogP contribution is 2.16. The standard InChI is InChI=1S/C8H10ClN3O/c1-2-13-12-5-6-7(10)3-4-11-8(6)9/h3-5H,2H2,1H3,(H2,10,11)/b12-5+. The van der Waals surface area contributed by atoms with Gasteiger partial charge in [0.2, 0.25) is 0 Å². The fourth-order valence-corrected chi connectivity index (χ4v) is 0.968. The van der Waals surface area contributed by atoms with Crippen LogP contribution < -0.4 is 5.73 Å². The summed E-state index contributed by atoms with van der Waals surface area (Å²) in [5, 5.41) is 3.97. The van der Waals surface area contributed by atoms with Crippen molar-refractivity contribution in [1.82, 2.24) is 4.98 Å². The van der Waals surface area contributed by atoms with Crippen LogP contribution in [0.3, 0.4) is 0 Å². The van der Waals surface area contributed by atoms with Crippen molar-refractivity contribution >= 4 is 23.5 Å². The number of nitrogens with two attached hydrogens (primary N) is 1. The van der Waals surface area contributed by atoms with Gasteiger partial charge in [-0.25, -0.2) is 4.98 Å². The van der Waals surface area contributed by atoms with E-state index in [1.807, 2.05) is 6.92 Å². The lowest BCUT2D eigenvalue weighted by molar-refractivity contribution is 0.160. The smallest absolute Gasteiger partial charge is 0.139 e. The van der Waals surface area contributed by atoms with Crippen LogP contribution in [0.15, 0.2) is 17.4 Å². The summed E-state index contributed by atoms with van der Waals surface area (Å²) in [6, 6.07) is 1.65. The summed E-state index contributed by atoms with van der Waals surface area (Å²) >= 11 is 5.77.